The zero-order valence-electron chi connectivity index (χ0n) is 13.5. The molecule has 1 amide bonds. The van der Waals surface area contributed by atoms with Crippen LogP contribution < -0.4 is 10.9 Å². The molecule has 2 saturated carbocycles. The zero-order valence-corrected chi connectivity index (χ0v) is 14.3. The summed E-state index contributed by atoms with van der Waals surface area (Å²) in [5.41, 5.74) is -0.135. The standard InChI is InChI=1S/C19H20ClNO3/c1-10(15-7-11-2-3-12(15)6-11)21-18(22)16-9-13-8-14(20)4-5-17(13)24-19(16)23/h4-5,8-12,15H,2-3,6-7H2,1H3,(H,21,22)/t10-,11-,12-,15+/m1/s1. The predicted molar refractivity (Wildman–Crippen MR) is 93.4 cm³/mol. The molecule has 0 radical (unpaired) electrons. The molecule has 4 nitrogen and oxygen atoms in total. The summed E-state index contributed by atoms with van der Waals surface area (Å²) in [6.45, 7) is 2.04. The summed E-state index contributed by atoms with van der Waals surface area (Å²) in [6.07, 6.45) is 5.08. The first-order chi connectivity index (χ1) is 11.5. The SMILES string of the molecule is C[C@@H](NC(=O)c1cc2cc(Cl)ccc2oc1=O)[C@@H]1C[C@@H]2CC[C@@H]1C2. The highest BCUT2D eigenvalue weighted by molar-refractivity contribution is 6.31. The lowest BCUT2D eigenvalue weighted by atomic mass is 9.84. The van der Waals surface area contributed by atoms with E-state index < -0.39 is 5.63 Å². The molecule has 2 aromatic rings. The van der Waals surface area contributed by atoms with Crippen LogP contribution in [0.4, 0.5) is 0 Å². The molecule has 0 saturated heterocycles. The summed E-state index contributed by atoms with van der Waals surface area (Å²) < 4.78 is 5.25. The molecule has 1 heterocycles. The Morgan fingerprint density at radius 2 is 2.12 bits per heavy atom. The number of nitrogens with one attached hydrogen (secondary N) is 1. The van der Waals surface area contributed by atoms with Crippen molar-refractivity contribution >= 4 is 28.5 Å². The third kappa shape index (κ3) is 2.73. The Hall–Kier alpha value is -1.81. The summed E-state index contributed by atoms with van der Waals surface area (Å²) in [4.78, 5) is 24.7. The minimum absolute atomic E-state index is 0.0415. The van der Waals surface area contributed by atoms with E-state index in [4.69, 9.17) is 16.0 Å². The van der Waals surface area contributed by atoms with Gasteiger partial charge in [-0.15, -0.1) is 0 Å². The number of rotatable bonds is 3. The van der Waals surface area contributed by atoms with E-state index >= 15 is 0 Å². The Morgan fingerprint density at radius 3 is 2.83 bits per heavy atom. The van der Waals surface area contributed by atoms with E-state index in [-0.39, 0.29) is 17.5 Å². The number of hydrogen-bond donors (Lipinski definition) is 1. The first kappa shape index (κ1) is 15.7. The molecule has 0 unspecified atom stereocenters. The van der Waals surface area contributed by atoms with Crippen LogP contribution >= 0.6 is 11.6 Å². The smallest absolute Gasteiger partial charge is 0.349 e. The minimum Gasteiger partial charge on any atom is -0.422 e. The molecular formula is C19H20ClNO3. The highest BCUT2D eigenvalue weighted by Crippen LogP contribution is 2.49. The maximum atomic E-state index is 12.6. The highest BCUT2D eigenvalue weighted by atomic mass is 35.5. The molecule has 4 atom stereocenters. The van der Waals surface area contributed by atoms with Crippen molar-refractivity contribution in [1.29, 1.82) is 0 Å². The molecule has 2 bridgehead atoms. The van der Waals surface area contributed by atoms with Crippen LogP contribution in [-0.4, -0.2) is 11.9 Å². The largest absolute Gasteiger partial charge is 0.422 e. The average Bonchev–Trinajstić information content (AvgIpc) is 3.17. The van der Waals surface area contributed by atoms with Crippen LogP contribution in [0.1, 0.15) is 43.0 Å². The Morgan fingerprint density at radius 1 is 1.29 bits per heavy atom. The maximum absolute atomic E-state index is 12.6. The van der Waals surface area contributed by atoms with E-state index in [2.05, 4.69) is 5.32 Å². The van der Waals surface area contributed by atoms with Gasteiger partial charge in [0.25, 0.3) is 5.91 Å². The topological polar surface area (TPSA) is 59.3 Å². The summed E-state index contributed by atoms with van der Waals surface area (Å²) in [5.74, 6) is 1.71. The fourth-order valence-electron chi connectivity index (χ4n) is 4.55. The number of benzene rings is 1. The Labute approximate surface area is 145 Å². The summed E-state index contributed by atoms with van der Waals surface area (Å²) in [7, 11) is 0. The number of carbonyl (C=O) groups is 1. The fourth-order valence-corrected chi connectivity index (χ4v) is 4.73. The van der Waals surface area contributed by atoms with Crippen LogP contribution in [0.25, 0.3) is 11.0 Å². The number of carbonyl (C=O) groups excluding carboxylic acids is 1. The Bertz CT molecular complexity index is 859. The van der Waals surface area contributed by atoms with Gasteiger partial charge in [0.15, 0.2) is 0 Å². The summed E-state index contributed by atoms with van der Waals surface area (Å²) in [6, 6.07) is 6.62. The van der Waals surface area contributed by atoms with Crippen molar-refractivity contribution < 1.29 is 9.21 Å². The number of amides is 1. The van der Waals surface area contributed by atoms with Gasteiger partial charge in [-0.05, 0) is 68.2 Å². The lowest BCUT2D eigenvalue weighted by Gasteiger charge is -2.28. The first-order valence-electron chi connectivity index (χ1n) is 8.55. The summed E-state index contributed by atoms with van der Waals surface area (Å²) >= 11 is 5.98. The van der Waals surface area contributed by atoms with Gasteiger partial charge in [0.05, 0.1) is 0 Å². The van der Waals surface area contributed by atoms with E-state index in [0.717, 1.165) is 11.8 Å². The van der Waals surface area contributed by atoms with E-state index in [9.17, 15) is 9.59 Å². The van der Waals surface area contributed by atoms with Crippen LogP contribution in [0.3, 0.4) is 0 Å². The molecule has 1 aromatic heterocycles. The Balaban J connectivity index is 1.56. The van der Waals surface area contributed by atoms with Crippen molar-refractivity contribution in [2.24, 2.45) is 17.8 Å². The molecule has 0 aliphatic heterocycles. The molecule has 2 fully saturated rings. The van der Waals surface area contributed by atoms with Crippen molar-refractivity contribution in [3.05, 3.63) is 45.3 Å². The fraction of sp³-hybridized carbons (Fsp3) is 0.474. The van der Waals surface area contributed by atoms with E-state index in [1.165, 1.54) is 25.7 Å². The second kappa shape index (κ2) is 5.92. The minimum atomic E-state index is -0.609. The van der Waals surface area contributed by atoms with Crippen molar-refractivity contribution in [2.75, 3.05) is 0 Å². The van der Waals surface area contributed by atoms with Crippen molar-refractivity contribution in [3.63, 3.8) is 0 Å². The number of hydrogen-bond acceptors (Lipinski definition) is 3. The van der Waals surface area contributed by atoms with Crippen molar-refractivity contribution in [2.45, 2.75) is 38.6 Å². The molecule has 2 aliphatic rings. The normalized spacial score (nSPS) is 26.7. The van der Waals surface area contributed by atoms with Gasteiger partial charge in [-0.25, -0.2) is 4.79 Å². The molecule has 2 aliphatic carbocycles. The number of fused-ring (bicyclic) bond motifs is 3. The molecule has 126 valence electrons. The molecule has 0 spiro atoms. The van der Waals surface area contributed by atoms with Gasteiger partial charge in [0, 0.05) is 16.5 Å². The van der Waals surface area contributed by atoms with Gasteiger partial charge in [0.1, 0.15) is 11.1 Å². The average molecular weight is 346 g/mol. The third-order valence-electron chi connectivity index (χ3n) is 5.73. The van der Waals surface area contributed by atoms with Crippen LogP contribution in [0.5, 0.6) is 0 Å². The summed E-state index contributed by atoms with van der Waals surface area (Å²) in [5, 5.41) is 4.20. The van der Waals surface area contributed by atoms with Gasteiger partial charge in [-0.2, -0.15) is 0 Å². The lowest BCUT2D eigenvalue weighted by Crippen LogP contribution is -2.41. The van der Waals surface area contributed by atoms with E-state index in [1.807, 2.05) is 6.92 Å². The molecule has 24 heavy (non-hydrogen) atoms. The second-order valence-corrected chi connectivity index (χ2v) is 7.67. The quantitative estimate of drug-likeness (QED) is 0.855. The van der Waals surface area contributed by atoms with E-state index in [1.54, 1.807) is 24.3 Å². The van der Waals surface area contributed by atoms with Crippen molar-refractivity contribution in [3.8, 4) is 0 Å². The van der Waals surface area contributed by atoms with Gasteiger partial charge in [0.2, 0.25) is 0 Å². The monoisotopic (exact) mass is 345 g/mol. The molecule has 5 heteroatoms. The predicted octanol–water partition coefficient (Wildman–Crippen LogP) is 4.00. The van der Waals surface area contributed by atoms with Crippen LogP contribution in [0.15, 0.2) is 33.5 Å². The highest BCUT2D eigenvalue weighted by Gasteiger charge is 2.42. The van der Waals surface area contributed by atoms with Gasteiger partial charge < -0.3 is 9.73 Å². The van der Waals surface area contributed by atoms with Crippen molar-refractivity contribution in [1.82, 2.24) is 5.32 Å². The molecule has 4 rings (SSSR count). The third-order valence-corrected chi connectivity index (χ3v) is 5.97. The molecule has 1 aromatic carbocycles. The zero-order chi connectivity index (χ0) is 16.8. The van der Waals surface area contributed by atoms with Gasteiger partial charge in [-0.1, -0.05) is 18.0 Å². The lowest BCUT2D eigenvalue weighted by molar-refractivity contribution is 0.0911. The van der Waals surface area contributed by atoms with E-state index in [0.29, 0.717) is 21.9 Å². The van der Waals surface area contributed by atoms with Crippen LogP contribution in [0, 0.1) is 17.8 Å². The number of halogens is 1. The van der Waals surface area contributed by atoms with Crippen LogP contribution in [0.2, 0.25) is 5.02 Å². The molecule has 1 N–H and O–H groups in total. The van der Waals surface area contributed by atoms with Gasteiger partial charge in [-0.3, -0.25) is 4.79 Å². The maximum Gasteiger partial charge on any atom is 0.349 e. The first-order valence-corrected chi connectivity index (χ1v) is 8.93. The van der Waals surface area contributed by atoms with Crippen LogP contribution in [-0.2, 0) is 0 Å². The second-order valence-electron chi connectivity index (χ2n) is 7.23. The van der Waals surface area contributed by atoms with Gasteiger partial charge >= 0.3 is 5.63 Å². The Kier molecular flexibility index (Phi) is 3.87. The molecular weight excluding hydrogens is 326 g/mol.